The summed E-state index contributed by atoms with van der Waals surface area (Å²) >= 11 is 9.54. The van der Waals surface area contributed by atoms with Gasteiger partial charge in [-0.05, 0) is 58.2 Å². The first-order valence-electron chi connectivity index (χ1n) is 7.12. The van der Waals surface area contributed by atoms with Crippen LogP contribution in [-0.4, -0.2) is 13.7 Å². The number of methoxy groups -OCH3 is 1. The highest BCUT2D eigenvalue weighted by Crippen LogP contribution is 2.37. The van der Waals surface area contributed by atoms with Crippen LogP contribution in [0.1, 0.15) is 18.9 Å². The van der Waals surface area contributed by atoms with Crippen molar-refractivity contribution in [1.82, 2.24) is 0 Å². The van der Waals surface area contributed by atoms with Crippen LogP contribution < -0.4 is 14.8 Å². The second-order valence-electron chi connectivity index (χ2n) is 4.82. The standard InChI is InChI=1S/C17H19BrClNO2/c1-3-7-22-17-15(18)8-12(9-16(17)21-2)11-20-14-6-4-5-13(19)10-14/h4-6,8-10,20H,3,7,11H2,1-2H3. The third-order valence-electron chi connectivity index (χ3n) is 3.06. The average Bonchev–Trinajstić information content (AvgIpc) is 2.51. The summed E-state index contributed by atoms with van der Waals surface area (Å²) in [7, 11) is 1.65. The Morgan fingerprint density at radius 2 is 2.05 bits per heavy atom. The molecule has 0 radical (unpaired) electrons. The predicted octanol–water partition coefficient (Wildman–Crippen LogP) is 5.51. The minimum absolute atomic E-state index is 0.662. The van der Waals surface area contributed by atoms with Gasteiger partial charge in [0.1, 0.15) is 0 Å². The van der Waals surface area contributed by atoms with Crippen LogP contribution in [0.4, 0.5) is 5.69 Å². The first kappa shape index (κ1) is 17.0. The highest BCUT2D eigenvalue weighted by molar-refractivity contribution is 9.10. The molecule has 0 aliphatic rings. The topological polar surface area (TPSA) is 30.5 Å². The van der Waals surface area contributed by atoms with Crippen molar-refractivity contribution < 1.29 is 9.47 Å². The molecule has 0 amide bonds. The number of hydrogen-bond donors (Lipinski definition) is 1. The molecule has 0 saturated heterocycles. The summed E-state index contributed by atoms with van der Waals surface area (Å²) in [5.41, 5.74) is 2.07. The fourth-order valence-corrected chi connectivity index (χ4v) is 2.82. The number of rotatable bonds is 7. The Labute approximate surface area is 144 Å². The van der Waals surface area contributed by atoms with Crippen LogP contribution in [0.5, 0.6) is 11.5 Å². The Kier molecular flexibility index (Phi) is 6.40. The first-order valence-corrected chi connectivity index (χ1v) is 8.29. The van der Waals surface area contributed by atoms with Gasteiger partial charge >= 0.3 is 0 Å². The minimum atomic E-state index is 0.662. The molecule has 0 bridgehead atoms. The van der Waals surface area contributed by atoms with E-state index in [1.165, 1.54) is 0 Å². The summed E-state index contributed by atoms with van der Waals surface area (Å²) in [6.45, 7) is 3.40. The van der Waals surface area contributed by atoms with Gasteiger partial charge in [0, 0.05) is 17.3 Å². The third-order valence-corrected chi connectivity index (χ3v) is 3.89. The highest BCUT2D eigenvalue weighted by Gasteiger charge is 2.11. The van der Waals surface area contributed by atoms with Crippen LogP contribution >= 0.6 is 27.5 Å². The molecule has 0 aliphatic carbocycles. The molecule has 1 N–H and O–H groups in total. The molecule has 2 aromatic carbocycles. The van der Waals surface area contributed by atoms with Crippen molar-refractivity contribution in [3.63, 3.8) is 0 Å². The molecule has 0 fully saturated rings. The maximum absolute atomic E-state index is 5.98. The molecule has 0 spiro atoms. The third kappa shape index (κ3) is 4.55. The summed E-state index contributed by atoms with van der Waals surface area (Å²) < 4.78 is 12.1. The average molecular weight is 385 g/mol. The summed E-state index contributed by atoms with van der Waals surface area (Å²) in [5.74, 6) is 1.47. The summed E-state index contributed by atoms with van der Waals surface area (Å²) in [6.07, 6.45) is 0.952. The van der Waals surface area contributed by atoms with E-state index in [4.69, 9.17) is 21.1 Å². The van der Waals surface area contributed by atoms with Gasteiger partial charge in [0.15, 0.2) is 11.5 Å². The Balaban J connectivity index is 2.13. The maximum atomic E-state index is 5.98. The lowest BCUT2D eigenvalue weighted by Gasteiger charge is -2.14. The minimum Gasteiger partial charge on any atom is -0.493 e. The molecule has 2 rings (SSSR count). The first-order chi connectivity index (χ1) is 10.6. The van der Waals surface area contributed by atoms with Crippen LogP contribution in [0.2, 0.25) is 5.02 Å². The molecule has 0 heterocycles. The van der Waals surface area contributed by atoms with E-state index in [1.54, 1.807) is 7.11 Å². The van der Waals surface area contributed by atoms with Crippen LogP contribution in [0.3, 0.4) is 0 Å². The van der Waals surface area contributed by atoms with E-state index in [1.807, 2.05) is 36.4 Å². The molecular weight excluding hydrogens is 366 g/mol. The zero-order valence-electron chi connectivity index (χ0n) is 12.7. The summed E-state index contributed by atoms with van der Waals surface area (Å²) in [6, 6.07) is 11.7. The normalized spacial score (nSPS) is 10.4. The summed E-state index contributed by atoms with van der Waals surface area (Å²) in [4.78, 5) is 0. The molecule has 22 heavy (non-hydrogen) atoms. The number of anilines is 1. The zero-order valence-corrected chi connectivity index (χ0v) is 15.0. The molecule has 118 valence electrons. The predicted molar refractivity (Wildman–Crippen MR) is 95.3 cm³/mol. The quantitative estimate of drug-likeness (QED) is 0.682. The van der Waals surface area contributed by atoms with Crippen LogP contribution in [0.25, 0.3) is 0 Å². The molecule has 0 saturated carbocycles. The molecule has 2 aromatic rings. The van der Waals surface area contributed by atoms with Gasteiger partial charge in [0.2, 0.25) is 0 Å². The van der Waals surface area contributed by atoms with E-state index in [9.17, 15) is 0 Å². The van der Waals surface area contributed by atoms with Crippen molar-refractivity contribution in [2.24, 2.45) is 0 Å². The lowest BCUT2D eigenvalue weighted by atomic mass is 10.2. The largest absolute Gasteiger partial charge is 0.493 e. The van der Waals surface area contributed by atoms with Crippen molar-refractivity contribution >= 4 is 33.2 Å². The van der Waals surface area contributed by atoms with Gasteiger partial charge in [-0.2, -0.15) is 0 Å². The van der Waals surface area contributed by atoms with Gasteiger partial charge in [-0.25, -0.2) is 0 Å². The van der Waals surface area contributed by atoms with Crippen LogP contribution in [0, 0.1) is 0 Å². The number of ether oxygens (including phenoxy) is 2. The van der Waals surface area contributed by atoms with Crippen molar-refractivity contribution in [3.8, 4) is 11.5 Å². The van der Waals surface area contributed by atoms with E-state index in [0.717, 1.165) is 33.6 Å². The van der Waals surface area contributed by atoms with E-state index in [2.05, 4.69) is 28.2 Å². The van der Waals surface area contributed by atoms with E-state index in [0.29, 0.717) is 18.2 Å². The van der Waals surface area contributed by atoms with Gasteiger partial charge in [0.05, 0.1) is 18.2 Å². The molecule has 0 aliphatic heterocycles. The Hall–Kier alpha value is -1.39. The monoisotopic (exact) mass is 383 g/mol. The second-order valence-corrected chi connectivity index (χ2v) is 6.11. The van der Waals surface area contributed by atoms with Gasteiger partial charge in [-0.3, -0.25) is 0 Å². The van der Waals surface area contributed by atoms with E-state index >= 15 is 0 Å². The zero-order chi connectivity index (χ0) is 15.9. The number of benzene rings is 2. The van der Waals surface area contributed by atoms with Gasteiger partial charge in [-0.1, -0.05) is 24.6 Å². The van der Waals surface area contributed by atoms with Crippen LogP contribution in [0.15, 0.2) is 40.9 Å². The summed E-state index contributed by atoms with van der Waals surface area (Å²) in [5, 5.41) is 4.06. The molecule has 3 nitrogen and oxygen atoms in total. The fraction of sp³-hybridized carbons (Fsp3) is 0.294. The fourth-order valence-electron chi connectivity index (χ4n) is 2.02. The molecule has 0 atom stereocenters. The van der Waals surface area contributed by atoms with E-state index < -0.39 is 0 Å². The van der Waals surface area contributed by atoms with E-state index in [-0.39, 0.29) is 0 Å². The van der Waals surface area contributed by atoms with Crippen molar-refractivity contribution in [1.29, 1.82) is 0 Å². The lowest BCUT2D eigenvalue weighted by Crippen LogP contribution is -2.03. The van der Waals surface area contributed by atoms with Crippen molar-refractivity contribution in [2.45, 2.75) is 19.9 Å². The Morgan fingerprint density at radius 3 is 2.73 bits per heavy atom. The Morgan fingerprint density at radius 1 is 1.23 bits per heavy atom. The van der Waals surface area contributed by atoms with Gasteiger partial charge < -0.3 is 14.8 Å². The second kappa shape index (κ2) is 8.30. The van der Waals surface area contributed by atoms with Gasteiger partial charge in [-0.15, -0.1) is 0 Å². The molecule has 0 aromatic heterocycles. The van der Waals surface area contributed by atoms with Crippen molar-refractivity contribution in [3.05, 3.63) is 51.5 Å². The van der Waals surface area contributed by atoms with Crippen LogP contribution in [-0.2, 0) is 6.54 Å². The number of nitrogens with one attached hydrogen (secondary N) is 1. The van der Waals surface area contributed by atoms with Crippen molar-refractivity contribution in [2.75, 3.05) is 19.0 Å². The molecular formula is C17H19BrClNO2. The molecule has 0 unspecified atom stereocenters. The number of hydrogen-bond acceptors (Lipinski definition) is 3. The lowest BCUT2D eigenvalue weighted by molar-refractivity contribution is 0.292. The SMILES string of the molecule is CCCOc1c(Br)cc(CNc2cccc(Cl)c2)cc1OC. The maximum Gasteiger partial charge on any atom is 0.175 e. The van der Waals surface area contributed by atoms with Gasteiger partial charge in [0.25, 0.3) is 0 Å². The smallest absolute Gasteiger partial charge is 0.175 e. The Bertz CT molecular complexity index is 634. The molecule has 5 heteroatoms. The number of halogens is 2. The highest BCUT2D eigenvalue weighted by atomic mass is 79.9.